The molecule has 0 spiro atoms. The molecule has 0 bridgehead atoms. The van der Waals surface area contributed by atoms with Gasteiger partial charge in [-0.1, -0.05) is 0 Å². The molecule has 1 aliphatic rings. The summed E-state index contributed by atoms with van der Waals surface area (Å²) in [5.74, 6) is 0.0134. The van der Waals surface area contributed by atoms with Crippen LogP contribution in [-0.4, -0.2) is 42.0 Å². The zero-order chi connectivity index (χ0) is 18.5. The number of amides is 1. The molecule has 0 unspecified atom stereocenters. The monoisotopic (exact) mass is 372 g/mol. The maximum absolute atomic E-state index is 12.6. The predicted octanol–water partition coefficient (Wildman–Crippen LogP) is 3.90. The minimum absolute atomic E-state index is 0.0134. The number of anilines is 2. The van der Waals surface area contributed by atoms with Gasteiger partial charge in [-0.2, -0.15) is 0 Å². The number of piperidine rings is 1. The summed E-state index contributed by atoms with van der Waals surface area (Å²) in [4.78, 5) is 22.5. The average Bonchev–Trinajstić information content (AvgIpc) is 3.07. The molecule has 6 heteroatoms. The first-order valence-corrected chi connectivity index (χ1v) is 10.1. The third kappa shape index (κ3) is 4.83. The molecule has 1 aromatic carbocycles. The van der Waals surface area contributed by atoms with Crippen LogP contribution in [0.5, 0.6) is 0 Å². The van der Waals surface area contributed by atoms with Gasteiger partial charge in [0.15, 0.2) is 0 Å². The van der Waals surface area contributed by atoms with Crippen LogP contribution in [0.3, 0.4) is 0 Å². The molecule has 1 aromatic heterocycles. The van der Waals surface area contributed by atoms with E-state index in [2.05, 4.69) is 27.3 Å². The topological polar surface area (TPSA) is 48.5 Å². The summed E-state index contributed by atoms with van der Waals surface area (Å²) >= 11 is 1.68. The van der Waals surface area contributed by atoms with Crippen molar-refractivity contribution in [3.05, 3.63) is 40.3 Å². The van der Waals surface area contributed by atoms with E-state index < -0.39 is 0 Å². The van der Waals surface area contributed by atoms with Crippen molar-refractivity contribution in [1.29, 1.82) is 0 Å². The Morgan fingerprint density at radius 1 is 1.27 bits per heavy atom. The van der Waals surface area contributed by atoms with Crippen LogP contribution in [0.2, 0.25) is 0 Å². The third-order valence-corrected chi connectivity index (χ3v) is 5.87. The van der Waals surface area contributed by atoms with E-state index in [0.717, 1.165) is 30.3 Å². The lowest BCUT2D eigenvalue weighted by molar-refractivity contribution is -0.120. The van der Waals surface area contributed by atoms with Crippen molar-refractivity contribution >= 4 is 28.6 Å². The molecule has 1 fully saturated rings. The van der Waals surface area contributed by atoms with Crippen molar-refractivity contribution in [3.8, 4) is 0 Å². The molecule has 0 aliphatic carbocycles. The van der Waals surface area contributed by atoms with Gasteiger partial charge >= 0.3 is 0 Å². The highest BCUT2D eigenvalue weighted by atomic mass is 32.1. The van der Waals surface area contributed by atoms with Gasteiger partial charge in [-0.15, -0.1) is 11.3 Å². The van der Waals surface area contributed by atoms with Crippen molar-refractivity contribution in [1.82, 2.24) is 9.88 Å². The quantitative estimate of drug-likeness (QED) is 0.835. The molecular formula is C20H28N4OS. The van der Waals surface area contributed by atoms with Crippen molar-refractivity contribution in [2.24, 2.45) is 0 Å². The number of nitrogens with zero attached hydrogens (tertiary/aromatic N) is 3. The second-order valence-corrected chi connectivity index (χ2v) is 8.34. The van der Waals surface area contributed by atoms with E-state index in [-0.39, 0.29) is 11.9 Å². The predicted molar refractivity (Wildman–Crippen MR) is 109 cm³/mol. The SMILES string of the molecule is Cc1ncc(CN(C)[C@@H](C)C(=O)Nc2ccc(N3CCCCC3)cc2)s1. The molecule has 1 amide bonds. The van der Waals surface area contributed by atoms with Gasteiger partial charge in [0.05, 0.1) is 11.0 Å². The van der Waals surface area contributed by atoms with Gasteiger partial charge < -0.3 is 10.2 Å². The van der Waals surface area contributed by atoms with E-state index in [1.807, 2.05) is 44.1 Å². The van der Waals surface area contributed by atoms with Gasteiger partial charge in [-0.25, -0.2) is 4.98 Å². The van der Waals surface area contributed by atoms with Crippen molar-refractivity contribution in [2.45, 2.75) is 45.7 Å². The maximum atomic E-state index is 12.6. The highest BCUT2D eigenvalue weighted by Crippen LogP contribution is 2.22. The second kappa shape index (κ2) is 8.64. The number of hydrogen-bond acceptors (Lipinski definition) is 5. The zero-order valence-electron chi connectivity index (χ0n) is 15.9. The van der Waals surface area contributed by atoms with E-state index in [4.69, 9.17) is 0 Å². The summed E-state index contributed by atoms with van der Waals surface area (Å²) < 4.78 is 0. The Balaban J connectivity index is 1.54. The van der Waals surface area contributed by atoms with Gasteiger partial charge in [0.1, 0.15) is 0 Å². The number of nitrogens with one attached hydrogen (secondary N) is 1. The lowest BCUT2D eigenvalue weighted by atomic mass is 10.1. The number of hydrogen-bond donors (Lipinski definition) is 1. The Labute approximate surface area is 160 Å². The summed E-state index contributed by atoms with van der Waals surface area (Å²) in [7, 11) is 1.97. The Hall–Kier alpha value is -1.92. The lowest BCUT2D eigenvalue weighted by Gasteiger charge is -2.29. The molecule has 1 atom stereocenters. The molecule has 5 nitrogen and oxygen atoms in total. The largest absolute Gasteiger partial charge is 0.372 e. The van der Waals surface area contributed by atoms with Gasteiger partial charge in [-0.3, -0.25) is 9.69 Å². The Morgan fingerprint density at radius 3 is 2.58 bits per heavy atom. The number of aromatic nitrogens is 1. The molecule has 26 heavy (non-hydrogen) atoms. The summed E-state index contributed by atoms with van der Waals surface area (Å²) in [5, 5.41) is 4.09. The van der Waals surface area contributed by atoms with Crippen LogP contribution in [0.1, 0.15) is 36.1 Å². The van der Waals surface area contributed by atoms with Crippen LogP contribution in [-0.2, 0) is 11.3 Å². The molecule has 2 aromatic rings. The molecule has 140 valence electrons. The van der Waals surface area contributed by atoms with Crippen LogP contribution in [0, 0.1) is 6.92 Å². The average molecular weight is 373 g/mol. The third-order valence-electron chi connectivity index (χ3n) is 4.97. The number of likely N-dealkylation sites (N-methyl/N-ethyl adjacent to an activating group) is 1. The summed E-state index contributed by atoms with van der Waals surface area (Å²) in [5.41, 5.74) is 2.10. The summed E-state index contributed by atoms with van der Waals surface area (Å²) in [6.07, 6.45) is 5.75. The van der Waals surface area contributed by atoms with E-state index in [9.17, 15) is 4.79 Å². The van der Waals surface area contributed by atoms with Gasteiger partial charge in [0, 0.05) is 42.1 Å². The molecule has 2 heterocycles. The van der Waals surface area contributed by atoms with E-state index in [1.165, 1.54) is 29.8 Å². The van der Waals surface area contributed by atoms with E-state index in [0.29, 0.717) is 0 Å². The highest BCUT2D eigenvalue weighted by Gasteiger charge is 2.19. The number of thiazole rings is 1. The van der Waals surface area contributed by atoms with Crippen LogP contribution >= 0.6 is 11.3 Å². The molecule has 1 saturated heterocycles. The summed E-state index contributed by atoms with van der Waals surface area (Å²) in [6.45, 7) is 6.92. The molecule has 0 saturated carbocycles. The fraction of sp³-hybridized carbons (Fsp3) is 0.500. The molecule has 1 aliphatic heterocycles. The number of benzene rings is 1. The van der Waals surface area contributed by atoms with Gasteiger partial charge in [0.25, 0.3) is 0 Å². The smallest absolute Gasteiger partial charge is 0.241 e. The first-order valence-electron chi connectivity index (χ1n) is 9.30. The normalized spacial score (nSPS) is 15.9. The number of carbonyl (C=O) groups is 1. The van der Waals surface area contributed by atoms with Crippen molar-refractivity contribution in [3.63, 3.8) is 0 Å². The van der Waals surface area contributed by atoms with E-state index in [1.54, 1.807) is 11.3 Å². The number of rotatable bonds is 6. The maximum Gasteiger partial charge on any atom is 0.241 e. The zero-order valence-corrected chi connectivity index (χ0v) is 16.7. The van der Waals surface area contributed by atoms with Gasteiger partial charge in [0.2, 0.25) is 5.91 Å². The Kier molecular flexibility index (Phi) is 6.27. The highest BCUT2D eigenvalue weighted by molar-refractivity contribution is 7.11. The van der Waals surface area contributed by atoms with Crippen molar-refractivity contribution < 1.29 is 4.79 Å². The summed E-state index contributed by atoms with van der Waals surface area (Å²) in [6, 6.07) is 8.01. The fourth-order valence-electron chi connectivity index (χ4n) is 3.22. The van der Waals surface area contributed by atoms with Crippen LogP contribution in [0.4, 0.5) is 11.4 Å². The second-order valence-electron chi connectivity index (χ2n) is 7.02. The number of carbonyl (C=O) groups excluding carboxylic acids is 1. The standard InChI is InChI=1S/C20H28N4OS/c1-15(23(3)14-19-13-21-16(2)26-19)20(25)22-17-7-9-18(10-8-17)24-11-5-4-6-12-24/h7-10,13,15H,4-6,11-12,14H2,1-3H3,(H,22,25)/t15-/m0/s1. The number of aryl methyl sites for hydroxylation is 1. The first-order chi connectivity index (χ1) is 12.5. The molecule has 1 N–H and O–H groups in total. The minimum Gasteiger partial charge on any atom is -0.372 e. The lowest BCUT2D eigenvalue weighted by Crippen LogP contribution is -2.39. The Morgan fingerprint density at radius 2 is 1.96 bits per heavy atom. The van der Waals surface area contributed by atoms with Crippen LogP contribution in [0.15, 0.2) is 30.5 Å². The fourth-order valence-corrected chi connectivity index (χ4v) is 4.07. The first kappa shape index (κ1) is 18.9. The minimum atomic E-state index is -0.209. The molecular weight excluding hydrogens is 344 g/mol. The van der Waals surface area contributed by atoms with Gasteiger partial charge in [-0.05, 0) is 64.4 Å². The van der Waals surface area contributed by atoms with Crippen LogP contribution < -0.4 is 10.2 Å². The van der Waals surface area contributed by atoms with Crippen molar-refractivity contribution in [2.75, 3.05) is 30.4 Å². The Bertz CT molecular complexity index is 722. The van der Waals surface area contributed by atoms with Crippen LogP contribution in [0.25, 0.3) is 0 Å². The van der Waals surface area contributed by atoms with E-state index >= 15 is 0 Å². The molecule has 3 rings (SSSR count). The molecule has 0 radical (unpaired) electrons.